The molecule has 0 bridgehead atoms. The summed E-state index contributed by atoms with van der Waals surface area (Å²) in [6.45, 7) is 0.255. The van der Waals surface area contributed by atoms with Crippen LogP contribution in [0.4, 0.5) is 14.6 Å². The van der Waals surface area contributed by atoms with Gasteiger partial charge in [-0.2, -0.15) is 5.26 Å². The summed E-state index contributed by atoms with van der Waals surface area (Å²) in [4.78, 5) is 7.77. The lowest BCUT2D eigenvalue weighted by Crippen LogP contribution is -2.10. The summed E-state index contributed by atoms with van der Waals surface area (Å²) in [5.41, 5.74) is 0.161. The van der Waals surface area contributed by atoms with Crippen LogP contribution < -0.4 is 5.32 Å². The molecular formula is C13H10F2N4. The highest BCUT2D eigenvalue weighted by molar-refractivity contribution is 5.46. The lowest BCUT2D eigenvalue weighted by atomic mass is 10.1. The standard InChI is InChI=1S/C13H10F2N4/c14-10-2-1-3-11(15)9(10)4-5-18-13-12(8-16)17-6-7-19-13/h1-3,6-7H,4-5H2,(H,18,19). The number of hydrogen-bond donors (Lipinski definition) is 1. The summed E-state index contributed by atoms with van der Waals surface area (Å²) in [5.74, 6) is -0.857. The van der Waals surface area contributed by atoms with Gasteiger partial charge in [-0.05, 0) is 18.6 Å². The average Bonchev–Trinajstić information content (AvgIpc) is 2.42. The topological polar surface area (TPSA) is 61.6 Å². The summed E-state index contributed by atoms with van der Waals surface area (Å²) in [6.07, 6.45) is 2.99. The third kappa shape index (κ3) is 3.01. The number of rotatable bonds is 4. The van der Waals surface area contributed by atoms with Gasteiger partial charge in [-0.3, -0.25) is 0 Å². The highest BCUT2D eigenvalue weighted by Gasteiger charge is 2.09. The summed E-state index contributed by atoms with van der Waals surface area (Å²) < 4.78 is 26.7. The smallest absolute Gasteiger partial charge is 0.182 e. The van der Waals surface area contributed by atoms with E-state index in [0.29, 0.717) is 5.82 Å². The molecule has 6 heteroatoms. The molecule has 19 heavy (non-hydrogen) atoms. The number of nitrogens with zero attached hydrogens (tertiary/aromatic N) is 3. The van der Waals surface area contributed by atoms with E-state index in [9.17, 15) is 8.78 Å². The summed E-state index contributed by atoms with van der Waals surface area (Å²) in [5, 5.41) is 11.6. The fraction of sp³-hybridized carbons (Fsp3) is 0.154. The number of benzene rings is 1. The van der Waals surface area contributed by atoms with Crippen molar-refractivity contribution in [2.24, 2.45) is 0 Å². The van der Waals surface area contributed by atoms with Crippen molar-refractivity contribution in [3.8, 4) is 6.07 Å². The molecule has 0 radical (unpaired) electrons. The Morgan fingerprint density at radius 3 is 2.53 bits per heavy atom. The molecule has 0 saturated heterocycles. The molecule has 0 fully saturated rings. The molecule has 0 aliphatic heterocycles. The quantitative estimate of drug-likeness (QED) is 0.916. The normalized spacial score (nSPS) is 9.95. The van der Waals surface area contributed by atoms with Gasteiger partial charge in [-0.25, -0.2) is 18.7 Å². The average molecular weight is 260 g/mol. The van der Waals surface area contributed by atoms with Crippen molar-refractivity contribution in [3.63, 3.8) is 0 Å². The first-order chi connectivity index (χ1) is 9.22. The lowest BCUT2D eigenvalue weighted by molar-refractivity contribution is 0.557. The van der Waals surface area contributed by atoms with Gasteiger partial charge in [0, 0.05) is 24.5 Å². The van der Waals surface area contributed by atoms with E-state index in [-0.39, 0.29) is 24.2 Å². The van der Waals surface area contributed by atoms with E-state index in [1.165, 1.54) is 30.6 Å². The predicted octanol–water partition coefficient (Wildman–Crippen LogP) is 2.28. The van der Waals surface area contributed by atoms with Crippen LogP contribution in [-0.2, 0) is 6.42 Å². The van der Waals surface area contributed by atoms with Gasteiger partial charge in [0.1, 0.15) is 17.7 Å². The highest BCUT2D eigenvalue weighted by Crippen LogP contribution is 2.13. The maximum Gasteiger partial charge on any atom is 0.182 e. The van der Waals surface area contributed by atoms with Crippen LogP contribution in [0.2, 0.25) is 0 Å². The molecule has 0 spiro atoms. The van der Waals surface area contributed by atoms with Gasteiger partial charge in [0.25, 0.3) is 0 Å². The molecule has 1 heterocycles. The molecule has 1 aromatic heterocycles. The first-order valence-corrected chi connectivity index (χ1v) is 5.60. The van der Waals surface area contributed by atoms with E-state index < -0.39 is 11.6 Å². The Bertz CT molecular complexity index is 602. The van der Waals surface area contributed by atoms with Gasteiger partial charge in [0.2, 0.25) is 0 Å². The minimum atomic E-state index is -0.582. The lowest BCUT2D eigenvalue weighted by Gasteiger charge is -2.07. The van der Waals surface area contributed by atoms with Gasteiger partial charge in [-0.1, -0.05) is 6.07 Å². The van der Waals surface area contributed by atoms with Crippen molar-refractivity contribution in [1.29, 1.82) is 5.26 Å². The minimum absolute atomic E-state index is 0.0115. The van der Waals surface area contributed by atoms with Crippen molar-refractivity contribution in [2.75, 3.05) is 11.9 Å². The van der Waals surface area contributed by atoms with E-state index in [2.05, 4.69) is 15.3 Å². The maximum atomic E-state index is 13.4. The van der Waals surface area contributed by atoms with Gasteiger partial charge in [0.05, 0.1) is 0 Å². The molecule has 0 aliphatic rings. The summed E-state index contributed by atoms with van der Waals surface area (Å²) in [6, 6.07) is 5.62. The Labute approximate surface area is 108 Å². The van der Waals surface area contributed by atoms with Crippen molar-refractivity contribution in [1.82, 2.24) is 9.97 Å². The van der Waals surface area contributed by atoms with Crippen LogP contribution in [0, 0.1) is 23.0 Å². The van der Waals surface area contributed by atoms with Crippen molar-refractivity contribution >= 4 is 5.82 Å². The van der Waals surface area contributed by atoms with E-state index >= 15 is 0 Å². The van der Waals surface area contributed by atoms with Crippen LogP contribution in [0.3, 0.4) is 0 Å². The van der Waals surface area contributed by atoms with Crippen LogP contribution in [0.1, 0.15) is 11.3 Å². The van der Waals surface area contributed by atoms with Crippen LogP contribution in [0.15, 0.2) is 30.6 Å². The largest absolute Gasteiger partial charge is 0.367 e. The van der Waals surface area contributed by atoms with Crippen LogP contribution in [0.25, 0.3) is 0 Å². The second-order valence-corrected chi connectivity index (χ2v) is 3.74. The van der Waals surface area contributed by atoms with E-state index in [4.69, 9.17) is 5.26 Å². The molecule has 0 unspecified atom stereocenters. The minimum Gasteiger partial charge on any atom is -0.367 e. The zero-order chi connectivity index (χ0) is 13.7. The number of anilines is 1. The van der Waals surface area contributed by atoms with Crippen LogP contribution >= 0.6 is 0 Å². The Kier molecular flexibility index (Phi) is 3.98. The molecule has 96 valence electrons. The molecule has 0 amide bonds. The Morgan fingerprint density at radius 2 is 1.84 bits per heavy atom. The van der Waals surface area contributed by atoms with Crippen molar-refractivity contribution in [2.45, 2.75) is 6.42 Å². The fourth-order valence-electron chi connectivity index (χ4n) is 1.63. The number of aromatic nitrogens is 2. The SMILES string of the molecule is N#Cc1nccnc1NCCc1c(F)cccc1F. The zero-order valence-electron chi connectivity index (χ0n) is 9.90. The highest BCUT2D eigenvalue weighted by atomic mass is 19.1. The Balaban J connectivity index is 2.03. The molecular weight excluding hydrogens is 250 g/mol. The molecule has 1 aromatic carbocycles. The first kappa shape index (κ1) is 12.9. The van der Waals surface area contributed by atoms with Crippen LogP contribution in [0.5, 0.6) is 0 Å². The second-order valence-electron chi connectivity index (χ2n) is 3.74. The zero-order valence-corrected chi connectivity index (χ0v) is 9.90. The monoisotopic (exact) mass is 260 g/mol. The Morgan fingerprint density at radius 1 is 1.16 bits per heavy atom. The van der Waals surface area contributed by atoms with Crippen molar-refractivity contribution < 1.29 is 8.78 Å². The maximum absolute atomic E-state index is 13.4. The number of nitriles is 1. The summed E-state index contributed by atoms with van der Waals surface area (Å²) >= 11 is 0. The molecule has 0 atom stereocenters. The Hall–Kier alpha value is -2.55. The molecule has 0 saturated carbocycles. The second kappa shape index (κ2) is 5.87. The van der Waals surface area contributed by atoms with Crippen LogP contribution in [-0.4, -0.2) is 16.5 Å². The third-order valence-corrected chi connectivity index (χ3v) is 2.53. The molecule has 1 N–H and O–H groups in total. The molecule has 4 nitrogen and oxygen atoms in total. The van der Waals surface area contributed by atoms with Gasteiger partial charge in [0.15, 0.2) is 11.5 Å². The van der Waals surface area contributed by atoms with E-state index in [1.807, 2.05) is 6.07 Å². The molecule has 2 rings (SSSR count). The third-order valence-electron chi connectivity index (χ3n) is 2.53. The van der Waals surface area contributed by atoms with Gasteiger partial charge < -0.3 is 5.32 Å². The fourth-order valence-corrected chi connectivity index (χ4v) is 1.63. The predicted molar refractivity (Wildman–Crippen MR) is 65.3 cm³/mol. The first-order valence-electron chi connectivity index (χ1n) is 5.60. The summed E-state index contributed by atoms with van der Waals surface area (Å²) in [7, 11) is 0. The number of halogens is 2. The molecule has 2 aromatic rings. The number of hydrogen-bond acceptors (Lipinski definition) is 4. The molecule has 0 aliphatic carbocycles. The van der Waals surface area contributed by atoms with Gasteiger partial charge >= 0.3 is 0 Å². The van der Waals surface area contributed by atoms with E-state index in [0.717, 1.165) is 0 Å². The number of nitrogens with one attached hydrogen (secondary N) is 1. The van der Waals surface area contributed by atoms with E-state index in [1.54, 1.807) is 0 Å². The van der Waals surface area contributed by atoms with Gasteiger partial charge in [-0.15, -0.1) is 0 Å². The van der Waals surface area contributed by atoms with Crippen molar-refractivity contribution in [3.05, 3.63) is 53.5 Å².